The van der Waals surface area contributed by atoms with Crippen LogP contribution in [0.15, 0.2) is 0 Å². The van der Waals surface area contributed by atoms with Crippen molar-refractivity contribution in [2.75, 3.05) is 13.1 Å². The average molecular weight is 241 g/mol. The molecule has 6 heteroatoms. The van der Waals surface area contributed by atoms with Gasteiger partial charge in [0.25, 0.3) is 10.0 Å². The molecule has 0 aromatic heterocycles. The smallest absolute Gasteiger partial charge is 0.206 e. The van der Waals surface area contributed by atoms with Crippen LogP contribution in [0.25, 0.3) is 0 Å². The topological polar surface area (TPSA) is 37.4 Å². The zero-order valence-electron chi connectivity index (χ0n) is 8.99. The highest BCUT2D eigenvalue weighted by molar-refractivity contribution is 7.89. The highest BCUT2D eigenvalue weighted by Crippen LogP contribution is 2.27. The summed E-state index contributed by atoms with van der Waals surface area (Å²) in [6, 6.07) is 0. The second-order valence-corrected chi connectivity index (χ2v) is 6.14. The van der Waals surface area contributed by atoms with Crippen LogP contribution in [-0.4, -0.2) is 31.6 Å². The van der Waals surface area contributed by atoms with E-state index in [9.17, 15) is 17.2 Å². The zero-order valence-corrected chi connectivity index (χ0v) is 9.80. The van der Waals surface area contributed by atoms with Crippen molar-refractivity contribution in [2.45, 2.75) is 32.4 Å². The first-order valence-corrected chi connectivity index (χ1v) is 6.65. The Balaban J connectivity index is 2.78. The van der Waals surface area contributed by atoms with Gasteiger partial charge in [-0.25, -0.2) is 8.42 Å². The van der Waals surface area contributed by atoms with E-state index in [1.54, 1.807) is 0 Å². The highest BCUT2D eigenvalue weighted by Gasteiger charge is 2.36. The Morgan fingerprint density at radius 1 is 1.40 bits per heavy atom. The molecule has 0 amide bonds. The summed E-state index contributed by atoms with van der Waals surface area (Å²) in [5.41, 5.74) is 0. The van der Waals surface area contributed by atoms with E-state index < -0.39 is 15.8 Å². The molecule has 1 aliphatic rings. The maximum Gasteiger partial charge on any atom is 0.350 e. The largest absolute Gasteiger partial charge is 0.350 e. The van der Waals surface area contributed by atoms with Crippen molar-refractivity contribution in [3.05, 3.63) is 0 Å². The van der Waals surface area contributed by atoms with E-state index in [0.29, 0.717) is 0 Å². The van der Waals surface area contributed by atoms with Crippen molar-refractivity contribution in [2.24, 2.45) is 11.8 Å². The van der Waals surface area contributed by atoms with Crippen LogP contribution >= 0.6 is 0 Å². The number of alkyl halides is 2. The Kier molecular flexibility index (Phi) is 4.06. The Morgan fingerprint density at radius 2 is 2.00 bits per heavy atom. The molecule has 2 unspecified atom stereocenters. The van der Waals surface area contributed by atoms with Crippen LogP contribution in [0.4, 0.5) is 8.78 Å². The first-order chi connectivity index (χ1) is 6.87. The minimum atomic E-state index is -4.38. The van der Waals surface area contributed by atoms with Crippen LogP contribution in [0.5, 0.6) is 0 Å². The number of piperidine rings is 1. The summed E-state index contributed by atoms with van der Waals surface area (Å²) in [5, 5.41) is 0. The molecule has 0 aliphatic carbocycles. The lowest BCUT2D eigenvalue weighted by Gasteiger charge is -2.34. The van der Waals surface area contributed by atoms with Gasteiger partial charge >= 0.3 is 5.76 Å². The molecule has 0 spiro atoms. The number of rotatable bonds is 3. The lowest BCUT2D eigenvalue weighted by atomic mass is 9.90. The van der Waals surface area contributed by atoms with Gasteiger partial charge < -0.3 is 0 Å². The summed E-state index contributed by atoms with van der Waals surface area (Å²) in [5.74, 6) is -2.92. The minimum absolute atomic E-state index is 0.164. The van der Waals surface area contributed by atoms with Crippen molar-refractivity contribution in [1.82, 2.24) is 4.31 Å². The standard InChI is InChI=1S/C9H17F2NO2S/c1-3-8-4-7(2)5-12(6-8)15(13,14)9(10)11/h7-9H,3-6H2,1-2H3. The fraction of sp³-hybridized carbons (Fsp3) is 1.00. The van der Waals surface area contributed by atoms with Crippen LogP contribution in [0, 0.1) is 11.8 Å². The normalized spacial score (nSPS) is 29.7. The highest BCUT2D eigenvalue weighted by atomic mass is 32.2. The molecule has 0 bridgehead atoms. The van der Waals surface area contributed by atoms with Crippen LogP contribution in [0.2, 0.25) is 0 Å². The van der Waals surface area contributed by atoms with Gasteiger partial charge in [0.05, 0.1) is 0 Å². The Labute approximate surface area is 89.5 Å². The van der Waals surface area contributed by atoms with Gasteiger partial charge in [-0.05, 0) is 18.3 Å². The molecule has 2 atom stereocenters. The van der Waals surface area contributed by atoms with E-state index >= 15 is 0 Å². The molecule has 1 rings (SSSR count). The monoisotopic (exact) mass is 241 g/mol. The minimum Gasteiger partial charge on any atom is -0.206 e. The Hall–Kier alpha value is -0.230. The number of hydrogen-bond acceptors (Lipinski definition) is 2. The molecule has 90 valence electrons. The van der Waals surface area contributed by atoms with Gasteiger partial charge in [0.1, 0.15) is 0 Å². The van der Waals surface area contributed by atoms with Gasteiger partial charge in [0, 0.05) is 13.1 Å². The zero-order chi connectivity index (χ0) is 11.6. The van der Waals surface area contributed by atoms with Gasteiger partial charge in [0.15, 0.2) is 0 Å². The fourth-order valence-electron chi connectivity index (χ4n) is 2.04. The first kappa shape index (κ1) is 12.8. The second kappa shape index (κ2) is 4.74. The van der Waals surface area contributed by atoms with E-state index in [2.05, 4.69) is 0 Å². The van der Waals surface area contributed by atoms with Gasteiger partial charge in [-0.3, -0.25) is 0 Å². The summed E-state index contributed by atoms with van der Waals surface area (Å²) in [6.07, 6.45) is 1.76. The van der Waals surface area contributed by atoms with Crippen molar-refractivity contribution >= 4 is 10.0 Å². The van der Waals surface area contributed by atoms with Crippen molar-refractivity contribution < 1.29 is 17.2 Å². The summed E-state index contributed by atoms with van der Waals surface area (Å²) < 4.78 is 48.1. The van der Waals surface area contributed by atoms with E-state index in [0.717, 1.165) is 17.1 Å². The number of halogens is 2. The Bertz CT molecular complexity index is 305. The maximum atomic E-state index is 12.3. The summed E-state index contributed by atoms with van der Waals surface area (Å²) in [4.78, 5) is 0. The lowest BCUT2D eigenvalue weighted by molar-refractivity contribution is 0.176. The van der Waals surface area contributed by atoms with Gasteiger partial charge in [-0.2, -0.15) is 13.1 Å². The maximum absolute atomic E-state index is 12.3. The summed E-state index contributed by atoms with van der Waals surface area (Å²) in [6.45, 7) is 4.32. The van der Waals surface area contributed by atoms with Crippen LogP contribution in [-0.2, 0) is 10.0 Å². The third-order valence-electron chi connectivity index (χ3n) is 2.88. The molecule has 0 aromatic rings. The van der Waals surface area contributed by atoms with E-state index in [1.807, 2.05) is 13.8 Å². The summed E-state index contributed by atoms with van der Waals surface area (Å²) in [7, 11) is -4.38. The van der Waals surface area contributed by atoms with Gasteiger partial charge in [-0.1, -0.05) is 20.3 Å². The average Bonchev–Trinajstić information content (AvgIpc) is 2.16. The SMILES string of the molecule is CCC1CC(C)CN(S(=O)(=O)C(F)F)C1. The second-order valence-electron chi connectivity index (χ2n) is 4.24. The van der Waals surface area contributed by atoms with E-state index in [1.165, 1.54) is 0 Å². The lowest BCUT2D eigenvalue weighted by Crippen LogP contribution is -2.45. The van der Waals surface area contributed by atoms with Crippen molar-refractivity contribution in [1.29, 1.82) is 0 Å². The van der Waals surface area contributed by atoms with Crippen LogP contribution in [0.3, 0.4) is 0 Å². The van der Waals surface area contributed by atoms with Gasteiger partial charge in [0.2, 0.25) is 0 Å². The predicted molar refractivity (Wildman–Crippen MR) is 54.1 cm³/mol. The molecule has 0 radical (unpaired) electrons. The predicted octanol–water partition coefficient (Wildman–Crippen LogP) is 1.91. The van der Waals surface area contributed by atoms with Crippen molar-refractivity contribution in [3.8, 4) is 0 Å². The first-order valence-electron chi connectivity index (χ1n) is 5.15. The molecule has 0 aromatic carbocycles. The fourth-order valence-corrected chi connectivity index (χ4v) is 3.15. The number of hydrogen-bond donors (Lipinski definition) is 0. The quantitative estimate of drug-likeness (QED) is 0.757. The Morgan fingerprint density at radius 3 is 2.47 bits per heavy atom. The van der Waals surface area contributed by atoms with Gasteiger partial charge in [-0.15, -0.1) is 0 Å². The molecular formula is C9H17F2NO2S. The molecule has 0 saturated carbocycles. The molecule has 1 fully saturated rings. The van der Waals surface area contributed by atoms with Crippen LogP contribution in [0.1, 0.15) is 26.7 Å². The molecule has 3 nitrogen and oxygen atoms in total. The molecule has 15 heavy (non-hydrogen) atoms. The molecule has 1 aliphatic heterocycles. The van der Waals surface area contributed by atoms with Crippen LogP contribution < -0.4 is 0 Å². The molecule has 1 heterocycles. The molecular weight excluding hydrogens is 224 g/mol. The third kappa shape index (κ3) is 2.87. The van der Waals surface area contributed by atoms with E-state index in [-0.39, 0.29) is 24.9 Å². The molecule has 1 saturated heterocycles. The summed E-state index contributed by atoms with van der Waals surface area (Å²) >= 11 is 0. The third-order valence-corrected chi connectivity index (χ3v) is 4.34. The molecule has 0 N–H and O–H groups in total. The van der Waals surface area contributed by atoms with E-state index in [4.69, 9.17) is 0 Å². The van der Waals surface area contributed by atoms with Crippen molar-refractivity contribution in [3.63, 3.8) is 0 Å². The number of sulfonamides is 1. The number of nitrogens with zero attached hydrogens (tertiary/aromatic N) is 1.